The lowest BCUT2D eigenvalue weighted by Crippen LogP contribution is -2.35. The number of carbonyl (C=O) groups excluding carboxylic acids is 2. The number of hydrogen-bond acceptors (Lipinski definition) is 4. The van der Waals surface area contributed by atoms with Gasteiger partial charge < -0.3 is 25.6 Å². The molecule has 1 heterocycles. The molecule has 2 aromatic carbocycles. The summed E-state index contributed by atoms with van der Waals surface area (Å²) in [6.45, 7) is 4.11. The van der Waals surface area contributed by atoms with Crippen molar-refractivity contribution in [2.45, 2.75) is 32.1 Å². The average molecular weight is 547 g/mol. The van der Waals surface area contributed by atoms with Crippen molar-refractivity contribution in [1.29, 1.82) is 0 Å². The largest absolute Gasteiger partial charge is 0.416 e. The number of piperidine rings is 1. The molecule has 208 valence electrons. The molecule has 1 fully saturated rings. The van der Waals surface area contributed by atoms with Crippen LogP contribution in [0.25, 0.3) is 0 Å². The predicted molar refractivity (Wildman–Crippen MR) is 130 cm³/mol. The lowest BCUT2D eigenvalue weighted by Gasteiger charge is -2.33. The van der Waals surface area contributed by atoms with Crippen LogP contribution < -0.4 is 20.9 Å². The highest BCUT2D eigenvalue weighted by Crippen LogP contribution is 2.37. The molecule has 3 amide bonds. The first kappa shape index (κ1) is 29.1. The van der Waals surface area contributed by atoms with Gasteiger partial charge in [0.2, 0.25) is 0 Å². The number of nitrogens with one attached hydrogen (secondary N) is 3. The number of hydrogen-bond donors (Lipinski definition) is 3. The van der Waals surface area contributed by atoms with Crippen LogP contribution in [-0.2, 0) is 17.1 Å². The number of rotatable bonds is 7. The first-order valence-electron chi connectivity index (χ1n) is 11.8. The van der Waals surface area contributed by atoms with E-state index in [0.717, 1.165) is 25.9 Å². The summed E-state index contributed by atoms with van der Waals surface area (Å²) in [6, 6.07) is 4.26. The van der Waals surface area contributed by atoms with Gasteiger partial charge in [0.05, 0.1) is 23.3 Å². The van der Waals surface area contributed by atoms with Crippen molar-refractivity contribution in [3.63, 3.8) is 0 Å². The Morgan fingerprint density at radius 1 is 0.921 bits per heavy atom. The Morgan fingerprint density at radius 2 is 1.50 bits per heavy atom. The molecule has 1 saturated heterocycles. The third kappa shape index (κ3) is 7.76. The van der Waals surface area contributed by atoms with Gasteiger partial charge in [-0.3, -0.25) is 4.79 Å². The number of amides is 3. The molecule has 13 heteroatoms. The van der Waals surface area contributed by atoms with Gasteiger partial charge in [-0.05, 0) is 55.2 Å². The number of ether oxygens (including phenoxy) is 1. The monoisotopic (exact) mass is 546 g/mol. The first-order chi connectivity index (χ1) is 17.8. The Bertz CT molecular complexity index is 1110. The van der Waals surface area contributed by atoms with Crippen molar-refractivity contribution < 1.29 is 40.7 Å². The molecule has 38 heavy (non-hydrogen) atoms. The van der Waals surface area contributed by atoms with Crippen LogP contribution in [0.15, 0.2) is 36.4 Å². The second-order valence-corrected chi connectivity index (χ2v) is 9.02. The van der Waals surface area contributed by atoms with Gasteiger partial charge in [0.15, 0.2) is 0 Å². The van der Waals surface area contributed by atoms with Gasteiger partial charge in [-0.2, -0.15) is 26.3 Å². The van der Waals surface area contributed by atoms with Gasteiger partial charge in [0.25, 0.3) is 5.91 Å². The summed E-state index contributed by atoms with van der Waals surface area (Å²) in [6.07, 6.45) is -8.24. The van der Waals surface area contributed by atoms with Crippen LogP contribution >= 0.6 is 0 Å². The fourth-order valence-corrected chi connectivity index (χ4v) is 4.00. The zero-order valence-electron chi connectivity index (χ0n) is 20.7. The molecular weight excluding hydrogens is 518 g/mol. The standard InChI is InChI=1S/C25H28F6N4O3/c1-15-5-8-35(9-6-15)21-4-3-18(14-20(21)22(36)32-7-10-38-2)33-23(37)34-19-12-16(24(26,27)28)11-17(13-19)25(29,30)31/h3-4,11-15H,5-10H2,1-2H3,(H,32,36)(H2,33,34,37). The Balaban J connectivity index is 1.84. The summed E-state index contributed by atoms with van der Waals surface area (Å²) >= 11 is 0. The first-order valence-corrected chi connectivity index (χ1v) is 11.8. The van der Waals surface area contributed by atoms with E-state index in [0.29, 0.717) is 23.7 Å². The van der Waals surface area contributed by atoms with Gasteiger partial charge >= 0.3 is 18.4 Å². The van der Waals surface area contributed by atoms with Crippen LogP contribution in [0, 0.1) is 5.92 Å². The number of halogens is 6. The van der Waals surface area contributed by atoms with Crippen molar-refractivity contribution in [3.05, 3.63) is 53.1 Å². The molecule has 0 atom stereocenters. The van der Waals surface area contributed by atoms with Crippen LogP contribution in [0.1, 0.15) is 41.3 Å². The third-order valence-electron chi connectivity index (χ3n) is 6.06. The highest BCUT2D eigenvalue weighted by Gasteiger charge is 2.37. The number of carbonyl (C=O) groups is 2. The van der Waals surface area contributed by atoms with E-state index in [1.54, 1.807) is 6.07 Å². The summed E-state index contributed by atoms with van der Waals surface area (Å²) in [5.74, 6) is 0.121. The Labute approximate surface area is 215 Å². The molecule has 0 bridgehead atoms. The average Bonchev–Trinajstić information content (AvgIpc) is 2.83. The molecule has 1 aliphatic rings. The molecule has 0 unspecified atom stereocenters. The summed E-state index contributed by atoms with van der Waals surface area (Å²) in [5, 5.41) is 7.10. The molecular formula is C25H28F6N4O3. The highest BCUT2D eigenvalue weighted by atomic mass is 19.4. The maximum absolute atomic E-state index is 13.1. The van der Waals surface area contributed by atoms with E-state index >= 15 is 0 Å². The Morgan fingerprint density at radius 3 is 2.05 bits per heavy atom. The van der Waals surface area contributed by atoms with Crippen LogP contribution in [0.5, 0.6) is 0 Å². The number of urea groups is 1. The summed E-state index contributed by atoms with van der Waals surface area (Å²) in [7, 11) is 1.48. The molecule has 3 rings (SSSR count). The second kappa shape index (κ2) is 11.9. The van der Waals surface area contributed by atoms with Crippen LogP contribution in [0.2, 0.25) is 0 Å². The maximum Gasteiger partial charge on any atom is 0.416 e. The number of benzene rings is 2. The van der Waals surface area contributed by atoms with E-state index < -0.39 is 41.1 Å². The van der Waals surface area contributed by atoms with Gasteiger partial charge in [0.1, 0.15) is 0 Å². The van der Waals surface area contributed by atoms with Gasteiger partial charge in [-0.25, -0.2) is 4.79 Å². The molecule has 0 saturated carbocycles. The zero-order chi connectivity index (χ0) is 28.1. The maximum atomic E-state index is 13.1. The Hall–Kier alpha value is -3.48. The van der Waals surface area contributed by atoms with Crippen LogP contribution in [0.4, 0.5) is 48.2 Å². The molecule has 0 radical (unpaired) electrons. The summed E-state index contributed by atoms with van der Waals surface area (Å²) in [5.41, 5.74) is -2.79. The lowest BCUT2D eigenvalue weighted by molar-refractivity contribution is -0.143. The third-order valence-corrected chi connectivity index (χ3v) is 6.06. The van der Waals surface area contributed by atoms with E-state index in [9.17, 15) is 35.9 Å². The Kier molecular flexibility index (Phi) is 9.13. The fraction of sp³-hybridized carbons (Fsp3) is 0.440. The number of nitrogens with zero attached hydrogens (tertiary/aromatic N) is 1. The van der Waals surface area contributed by atoms with Gasteiger partial charge in [-0.15, -0.1) is 0 Å². The molecule has 3 N–H and O–H groups in total. The smallest absolute Gasteiger partial charge is 0.383 e. The minimum atomic E-state index is -5.05. The zero-order valence-corrected chi connectivity index (χ0v) is 20.7. The number of methoxy groups -OCH3 is 1. The van der Waals surface area contributed by atoms with E-state index in [2.05, 4.69) is 22.5 Å². The van der Waals surface area contributed by atoms with Crippen LogP contribution in [-0.4, -0.2) is 45.3 Å². The minimum absolute atomic E-state index is 0.0301. The fourth-order valence-electron chi connectivity index (χ4n) is 4.00. The molecule has 1 aliphatic heterocycles. The predicted octanol–water partition coefficient (Wildman–Crippen LogP) is 5.98. The highest BCUT2D eigenvalue weighted by molar-refractivity contribution is 6.04. The quantitative estimate of drug-likeness (QED) is 0.295. The van der Waals surface area contributed by atoms with Crippen molar-refractivity contribution in [3.8, 4) is 0 Å². The van der Waals surface area contributed by atoms with Crippen molar-refractivity contribution in [2.75, 3.05) is 48.9 Å². The molecule has 0 spiro atoms. The topological polar surface area (TPSA) is 82.7 Å². The minimum Gasteiger partial charge on any atom is -0.383 e. The van der Waals surface area contributed by atoms with Crippen molar-refractivity contribution in [2.24, 2.45) is 5.92 Å². The molecule has 0 aliphatic carbocycles. The normalized spacial score (nSPS) is 14.8. The van der Waals surface area contributed by atoms with Crippen molar-refractivity contribution in [1.82, 2.24) is 5.32 Å². The van der Waals surface area contributed by atoms with Crippen LogP contribution in [0.3, 0.4) is 0 Å². The molecule has 0 aromatic heterocycles. The van der Waals surface area contributed by atoms with Crippen molar-refractivity contribution >= 4 is 29.0 Å². The van der Waals surface area contributed by atoms with E-state index in [1.165, 1.54) is 19.2 Å². The molecule has 7 nitrogen and oxygen atoms in total. The molecule has 2 aromatic rings. The summed E-state index contributed by atoms with van der Waals surface area (Å²) in [4.78, 5) is 27.5. The number of alkyl halides is 6. The SMILES string of the molecule is COCCNC(=O)c1cc(NC(=O)Nc2cc(C(F)(F)F)cc(C(F)(F)F)c2)ccc1N1CCC(C)CC1. The van der Waals surface area contributed by atoms with E-state index in [4.69, 9.17) is 4.74 Å². The lowest BCUT2D eigenvalue weighted by atomic mass is 9.98. The summed E-state index contributed by atoms with van der Waals surface area (Å²) < 4.78 is 83.7. The van der Waals surface area contributed by atoms with Gasteiger partial charge in [-0.1, -0.05) is 6.92 Å². The second-order valence-electron chi connectivity index (χ2n) is 9.02. The van der Waals surface area contributed by atoms with E-state index in [-0.39, 0.29) is 30.5 Å². The van der Waals surface area contributed by atoms with E-state index in [1.807, 2.05) is 5.32 Å². The number of anilines is 3. The van der Waals surface area contributed by atoms with Gasteiger partial charge in [0, 0.05) is 43.8 Å².